The standard InChI is InChI=1S/C28H20F2/c1-17-11-13-25(29)23(15-17)27-19-7-3-5-9-21(19)28(22-10-6-4-8-20(22)27)24-16-18(2)12-14-26(24)30/h3-16H,1-2H3. The molecule has 0 amide bonds. The summed E-state index contributed by atoms with van der Waals surface area (Å²) < 4.78 is 30.0. The maximum absolute atomic E-state index is 15.0. The van der Waals surface area contributed by atoms with Crippen molar-refractivity contribution >= 4 is 21.5 Å². The van der Waals surface area contributed by atoms with Crippen molar-refractivity contribution in [1.29, 1.82) is 0 Å². The second-order valence-corrected chi connectivity index (χ2v) is 7.81. The van der Waals surface area contributed by atoms with Crippen molar-refractivity contribution < 1.29 is 8.78 Å². The number of hydrogen-bond acceptors (Lipinski definition) is 0. The van der Waals surface area contributed by atoms with Gasteiger partial charge in [-0.2, -0.15) is 0 Å². The predicted molar refractivity (Wildman–Crippen MR) is 122 cm³/mol. The summed E-state index contributed by atoms with van der Waals surface area (Å²) in [7, 11) is 0. The fraction of sp³-hybridized carbons (Fsp3) is 0.0714. The highest BCUT2D eigenvalue weighted by Crippen LogP contribution is 2.44. The van der Waals surface area contributed by atoms with Crippen LogP contribution in [0.25, 0.3) is 43.8 Å². The third-order valence-electron chi connectivity index (χ3n) is 5.71. The van der Waals surface area contributed by atoms with Crippen LogP contribution in [0.15, 0.2) is 84.9 Å². The Morgan fingerprint density at radius 2 is 0.800 bits per heavy atom. The van der Waals surface area contributed by atoms with E-state index in [4.69, 9.17) is 0 Å². The lowest BCUT2D eigenvalue weighted by molar-refractivity contribution is 0.630. The van der Waals surface area contributed by atoms with Crippen molar-refractivity contribution in [3.63, 3.8) is 0 Å². The number of aryl methyl sites for hydroxylation is 2. The Hall–Kier alpha value is -3.52. The molecule has 30 heavy (non-hydrogen) atoms. The normalized spacial score (nSPS) is 11.3. The SMILES string of the molecule is Cc1ccc(F)c(-c2c3ccccc3c(-c3cc(C)ccc3F)c3ccccc23)c1. The summed E-state index contributed by atoms with van der Waals surface area (Å²) >= 11 is 0. The molecule has 0 heterocycles. The number of fused-ring (bicyclic) bond motifs is 2. The number of halogens is 2. The zero-order valence-electron chi connectivity index (χ0n) is 16.8. The first kappa shape index (κ1) is 18.5. The topological polar surface area (TPSA) is 0 Å². The van der Waals surface area contributed by atoms with Crippen LogP contribution in [0.5, 0.6) is 0 Å². The second-order valence-electron chi connectivity index (χ2n) is 7.81. The Morgan fingerprint density at radius 3 is 1.13 bits per heavy atom. The van der Waals surface area contributed by atoms with Crippen molar-refractivity contribution in [3.05, 3.63) is 108 Å². The van der Waals surface area contributed by atoms with Crippen LogP contribution in [0.2, 0.25) is 0 Å². The molecule has 146 valence electrons. The Balaban J connectivity index is 2.03. The maximum atomic E-state index is 15.0. The number of rotatable bonds is 2. The van der Waals surface area contributed by atoms with Crippen molar-refractivity contribution in [2.24, 2.45) is 0 Å². The molecule has 0 N–H and O–H groups in total. The van der Waals surface area contributed by atoms with Gasteiger partial charge in [-0.25, -0.2) is 8.78 Å². The first-order valence-electron chi connectivity index (χ1n) is 10.0. The van der Waals surface area contributed by atoms with E-state index in [-0.39, 0.29) is 11.6 Å². The zero-order valence-corrected chi connectivity index (χ0v) is 16.8. The van der Waals surface area contributed by atoms with Gasteiger partial charge in [0.05, 0.1) is 0 Å². The molecule has 0 bridgehead atoms. The summed E-state index contributed by atoms with van der Waals surface area (Å²) in [6.45, 7) is 3.92. The van der Waals surface area contributed by atoms with Crippen LogP contribution in [-0.4, -0.2) is 0 Å². The molecular weight excluding hydrogens is 374 g/mol. The molecule has 0 aliphatic heterocycles. The molecule has 5 aromatic carbocycles. The fourth-order valence-corrected chi connectivity index (χ4v) is 4.37. The van der Waals surface area contributed by atoms with Crippen LogP contribution < -0.4 is 0 Å². The average Bonchev–Trinajstić information content (AvgIpc) is 2.76. The van der Waals surface area contributed by atoms with Crippen LogP contribution in [0, 0.1) is 25.5 Å². The highest BCUT2D eigenvalue weighted by atomic mass is 19.1. The lowest BCUT2D eigenvalue weighted by Crippen LogP contribution is -1.94. The third-order valence-corrected chi connectivity index (χ3v) is 5.71. The smallest absolute Gasteiger partial charge is 0.131 e. The zero-order chi connectivity index (χ0) is 20.8. The first-order chi connectivity index (χ1) is 14.5. The molecule has 5 rings (SSSR count). The highest BCUT2D eigenvalue weighted by molar-refractivity contribution is 6.21. The number of benzene rings is 5. The Labute approximate surface area is 174 Å². The molecule has 0 spiro atoms. The van der Waals surface area contributed by atoms with Gasteiger partial charge in [0.2, 0.25) is 0 Å². The van der Waals surface area contributed by atoms with E-state index in [1.165, 1.54) is 12.1 Å². The van der Waals surface area contributed by atoms with Crippen molar-refractivity contribution in [1.82, 2.24) is 0 Å². The summed E-state index contributed by atoms with van der Waals surface area (Å²) in [4.78, 5) is 0. The van der Waals surface area contributed by atoms with Gasteiger partial charge < -0.3 is 0 Å². The monoisotopic (exact) mass is 394 g/mol. The Morgan fingerprint density at radius 1 is 0.467 bits per heavy atom. The summed E-state index contributed by atoms with van der Waals surface area (Å²) in [6.07, 6.45) is 0. The van der Waals surface area contributed by atoms with Gasteiger partial charge in [0.25, 0.3) is 0 Å². The van der Waals surface area contributed by atoms with Crippen molar-refractivity contribution in [2.75, 3.05) is 0 Å². The molecule has 2 heteroatoms. The van der Waals surface area contributed by atoms with Crippen molar-refractivity contribution in [3.8, 4) is 22.3 Å². The minimum Gasteiger partial charge on any atom is -0.206 e. The largest absolute Gasteiger partial charge is 0.206 e. The molecular formula is C28H20F2. The van der Waals surface area contributed by atoms with E-state index in [1.807, 2.05) is 74.5 Å². The number of hydrogen-bond donors (Lipinski definition) is 0. The summed E-state index contributed by atoms with van der Waals surface area (Å²) in [5, 5.41) is 3.65. The third kappa shape index (κ3) is 2.88. The molecule has 0 fully saturated rings. The van der Waals surface area contributed by atoms with Crippen LogP contribution in [-0.2, 0) is 0 Å². The van der Waals surface area contributed by atoms with Gasteiger partial charge in [-0.05, 0) is 59.7 Å². The summed E-state index contributed by atoms with van der Waals surface area (Å²) in [5.41, 5.74) is 4.82. The predicted octanol–water partition coefficient (Wildman–Crippen LogP) is 8.22. The highest BCUT2D eigenvalue weighted by Gasteiger charge is 2.20. The van der Waals surface area contributed by atoms with Crippen LogP contribution in [0.1, 0.15) is 11.1 Å². The Bertz CT molecular complexity index is 1260. The van der Waals surface area contributed by atoms with Gasteiger partial charge in [0.1, 0.15) is 11.6 Å². The lowest BCUT2D eigenvalue weighted by Gasteiger charge is -2.18. The second kappa shape index (κ2) is 7.07. The molecule has 0 saturated carbocycles. The van der Waals surface area contributed by atoms with E-state index in [0.29, 0.717) is 11.1 Å². The van der Waals surface area contributed by atoms with Gasteiger partial charge in [0.15, 0.2) is 0 Å². The molecule has 0 aromatic heterocycles. The van der Waals surface area contributed by atoms with Gasteiger partial charge in [-0.15, -0.1) is 0 Å². The average molecular weight is 394 g/mol. The van der Waals surface area contributed by atoms with E-state index in [9.17, 15) is 8.78 Å². The van der Waals surface area contributed by atoms with E-state index in [1.54, 1.807) is 12.1 Å². The molecule has 0 unspecified atom stereocenters. The lowest BCUT2D eigenvalue weighted by atomic mass is 9.85. The molecule has 0 aliphatic carbocycles. The fourth-order valence-electron chi connectivity index (χ4n) is 4.37. The summed E-state index contributed by atoms with van der Waals surface area (Å²) in [6, 6.07) is 26.1. The molecule has 5 aromatic rings. The summed E-state index contributed by atoms with van der Waals surface area (Å²) in [5.74, 6) is -0.518. The molecule has 0 saturated heterocycles. The van der Waals surface area contributed by atoms with Gasteiger partial charge in [-0.1, -0.05) is 71.8 Å². The van der Waals surface area contributed by atoms with Crippen LogP contribution >= 0.6 is 0 Å². The van der Waals surface area contributed by atoms with Gasteiger partial charge in [0, 0.05) is 22.3 Å². The van der Waals surface area contributed by atoms with E-state index in [0.717, 1.165) is 43.8 Å². The van der Waals surface area contributed by atoms with Crippen molar-refractivity contribution in [2.45, 2.75) is 13.8 Å². The van der Waals surface area contributed by atoms with Gasteiger partial charge in [-0.3, -0.25) is 0 Å². The minimum atomic E-state index is -0.259. The van der Waals surface area contributed by atoms with E-state index in [2.05, 4.69) is 0 Å². The quantitative estimate of drug-likeness (QED) is 0.265. The molecule has 0 atom stereocenters. The Kier molecular flexibility index (Phi) is 4.36. The van der Waals surface area contributed by atoms with E-state index < -0.39 is 0 Å². The molecule has 0 nitrogen and oxygen atoms in total. The first-order valence-corrected chi connectivity index (χ1v) is 10.0. The molecule has 0 aliphatic rings. The van der Waals surface area contributed by atoms with Gasteiger partial charge >= 0.3 is 0 Å². The van der Waals surface area contributed by atoms with Crippen LogP contribution in [0.3, 0.4) is 0 Å². The molecule has 0 radical (unpaired) electrons. The van der Waals surface area contributed by atoms with E-state index >= 15 is 0 Å². The minimum absolute atomic E-state index is 0.259. The van der Waals surface area contributed by atoms with Crippen LogP contribution in [0.4, 0.5) is 8.78 Å². The maximum Gasteiger partial charge on any atom is 0.131 e.